The van der Waals surface area contributed by atoms with Crippen molar-refractivity contribution in [3.05, 3.63) is 72.1 Å². The number of anilines is 2. The molecule has 1 aliphatic heterocycles. The lowest BCUT2D eigenvalue weighted by Crippen LogP contribution is -2.46. The first-order valence-electron chi connectivity index (χ1n) is 11.6. The normalized spacial score (nSPS) is 18.8. The molecular weight excluding hydrogens is 482 g/mol. The number of benzene rings is 2. The molecule has 5 rings (SSSR count). The summed E-state index contributed by atoms with van der Waals surface area (Å²) >= 11 is 0.987. The molecule has 0 spiro atoms. The molecule has 3 aromatic rings. The van der Waals surface area contributed by atoms with E-state index in [1.165, 1.54) is 17.5 Å². The quantitative estimate of drug-likeness (QED) is 0.486. The van der Waals surface area contributed by atoms with Crippen molar-refractivity contribution in [2.24, 2.45) is 5.92 Å². The van der Waals surface area contributed by atoms with Crippen LogP contribution in [0.4, 0.5) is 10.8 Å². The monoisotopic (exact) mass is 513 g/mol. The van der Waals surface area contributed by atoms with Crippen molar-refractivity contribution in [1.82, 2.24) is 14.7 Å². The van der Waals surface area contributed by atoms with Gasteiger partial charge < -0.3 is 10.2 Å². The predicted octanol–water partition coefficient (Wildman–Crippen LogP) is 4.36. The molecule has 186 valence electrons. The number of piperidine rings is 1. The lowest BCUT2D eigenvalue weighted by Gasteiger charge is -2.34. The van der Waals surface area contributed by atoms with Gasteiger partial charge in [0, 0.05) is 51.0 Å². The van der Waals surface area contributed by atoms with Gasteiger partial charge in [-0.15, -0.1) is 0 Å². The van der Waals surface area contributed by atoms with Gasteiger partial charge in [0.15, 0.2) is 0 Å². The van der Waals surface area contributed by atoms with E-state index in [9.17, 15) is 13.2 Å². The van der Waals surface area contributed by atoms with Gasteiger partial charge in [-0.05, 0) is 48.2 Å². The van der Waals surface area contributed by atoms with Crippen LogP contribution in [-0.2, 0) is 14.8 Å². The maximum Gasteiger partial charge on any atom is 0.263 e. The Kier molecular flexibility index (Phi) is 6.57. The van der Waals surface area contributed by atoms with Crippen molar-refractivity contribution in [2.75, 3.05) is 22.7 Å². The number of aromatic nitrogens is 2. The molecule has 2 N–H and O–H groups in total. The van der Waals surface area contributed by atoms with Crippen molar-refractivity contribution < 1.29 is 16.1 Å². The van der Waals surface area contributed by atoms with E-state index in [-0.39, 0.29) is 36.7 Å². The molecule has 1 aliphatic carbocycles. The fourth-order valence-electron chi connectivity index (χ4n) is 4.72. The van der Waals surface area contributed by atoms with Crippen molar-refractivity contribution >= 4 is 44.4 Å². The lowest BCUT2D eigenvalue weighted by atomic mass is 9.88. The molecule has 1 aromatic heterocycles. The van der Waals surface area contributed by atoms with Gasteiger partial charge in [0.1, 0.15) is 6.33 Å². The van der Waals surface area contributed by atoms with Gasteiger partial charge in [-0.2, -0.15) is 4.37 Å². The number of nitrogens with zero attached hydrogens (tertiary/aromatic N) is 3. The Hall–Kier alpha value is -3.24. The van der Waals surface area contributed by atoms with Crippen LogP contribution in [0.25, 0.3) is 6.08 Å². The van der Waals surface area contributed by atoms with E-state index in [1.54, 1.807) is 12.1 Å². The summed E-state index contributed by atoms with van der Waals surface area (Å²) in [5, 5.41) is 3.49. The van der Waals surface area contributed by atoms with Crippen LogP contribution in [0.2, 0.25) is 0 Å². The number of nitrogens with one attached hydrogen (secondary N) is 2. The fourth-order valence-corrected chi connectivity index (χ4v) is 6.38. The number of hydrogen-bond acceptors (Lipinski definition) is 7. The van der Waals surface area contributed by atoms with Gasteiger partial charge >= 0.3 is 0 Å². The van der Waals surface area contributed by atoms with E-state index in [2.05, 4.69) is 48.6 Å². The summed E-state index contributed by atoms with van der Waals surface area (Å²) in [6.07, 6.45) is 7.22. The van der Waals surface area contributed by atoms with Gasteiger partial charge in [0.05, 0.1) is 4.90 Å². The topological polar surface area (TPSA) is 104 Å². The molecule has 0 radical (unpaired) electrons. The maximum absolute atomic E-state index is 13.0. The summed E-state index contributed by atoms with van der Waals surface area (Å²) in [6, 6.07) is 15.2. The van der Waals surface area contributed by atoms with E-state index >= 15 is 0 Å². The second-order valence-corrected chi connectivity index (χ2v) is 11.4. The number of fused-ring (bicyclic) bond motifs is 1. The zero-order chi connectivity index (χ0) is 24.4. The van der Waals surface area contributed by atoms with E-state index in [0.717, 1.165) is 43.2 Å². The Morgan fingerprint density at radius 1 is 1.14 bits per heavy atom. The van der Waals surface area contributed by atoms with Crippen molar-refractivity contribution in [1.29, 1.82) is 0 Å². The first-order valence-corrected chi connectivity index (χ1v) is 13.9. The highest BCUT2D eigenvalue weighted by atomic mass is 32.2. The smallest absolute Gasteiger partial charge is 0.263 e. The molecule has 35 heavy (non-hydrogen) atoms. The van der Waals surface area contributed by atoms with Crippen LogP contribution >= 0.6 is 11.5 Å². The summed E-state index contributed by atoms with van der Waals surface area (Å²) in [4.78, 5) is 19.2. The van der Waals surface area contributed by atoms with Crippen molar-refractivity contribution in [3.63, 3.8) is 0 Å². The molecule has 2 atom stereocenters. The third kappa shape index (κ3) is 5.08. The molecule has 2 aliphatic rings. The molecule has 8 nitrogen and oxygen atoms in total. The number of sulfonamides is 1. The minimum atomic E-state index is -3.70. The Labute approximate surface area is 212 Å². The summed E-state index contributed by atoms with van der Waals surface area (Å²) in [5.74, 6) is 0.0749. The molecule has 2 heterocycles. The molecule has 1 amide bonds. The summed E-state index contributed by atoms with van der Waals surface area (Å²) < 4.78 is 31.3. The molecule has 0 saturated carbocycles. The van der Waals surface area contributed by atoms with E-state index in [0.29, 0.717) is 0 Å². The van der Waals surface area contributed by atoms with Gasteiger partial charge in [-0.3, -0.25) is 9.52 Å². The van der Waals surface area contributed by atoms with Gasteiger partial charge in [0.25, 0.3) is 10.0 Å². The van der Waals surface area contributed by atoms with Crippen LogP contribution in [0.15, 0.2) is 65.8 Å². The molecule has 0 bridgehead atoms. The SMILES string of the molecule is C[C@@H](C(=O)NC1CCN(c2ccc(S(=O)(=O)Nc3ncns3)cc2)CC1)C1C=Cc2ccccc21.[HH].[HH]. The minimum Gasteiger partial charge on any atom is -0.371 e. The number of allylic oxidation sites excluding steroid dienone is 1. The number of carbonyl (C=O) groups excluding carboxylic acids is 1. The highest BCUT2D eigenvalue weighted by Gasteiger charge is 2.30. The number of carbonyl (C=O) groups is 1. The second kappa shape index (κ2) is 9.79. The van der Waals surface area contributed by atoms with Crippen LogP contribution in [0.1, 0.15) is 39.7 Å². The number of amides is 1. The van der Waals surface area contributed by atoms with Crippen LogP contribution in [0, 0.1) is 5.92 Å². The minimum absolute atomic E-state index is 0. The van der Waals surface area contributed by atoms with Crippen molar-refractivity contribution in [2.45, 2.75) is 36.6 Å². The Balaban J connectivity index is 0.00000190. The predicted molar refractivity (Wildman–Crippen MR) is 142 cm³/mol. The van der Waals surface area contributed by atoms with Crippen LogP contribution in [0.3, 0.4) is 0 Å². The standard InChI is InChI=1S/C25H27N5O3S2.2H2/c1-17(22-11-6-18-4-2-3-5-23(18)22)24(31)28-19-12-14-30(15-13-19)20-7-9-21(10-8-20)35(32,33)29-25-26-16-27-34-25;;/h2-11,16-17,19,22H,12-15H2,1H3,(H,28,31)(H,26,27,29);2*1H/t17-,22?;;/m1../s1. The molecule has 1 fully saturated rings. The van der Waals surface area contributed by atoms with Gasteiger partial charge in [-0.25, -0.2) is 13.4 Å². The Morgan fingerprint density at radius 2 is 1.89 bits per heavy atom. The maximum atomic E-state index is 13.0. The highest BCUT2D eigenvalue weighted by molar-refractivity contribution is 7.93. The third-order valence-corrected chi connectivity index (χ3v) is 8.79. The summed E-state index contributed by atoms with van der Waals surface area (Å²) in [7, 11) is -3.70. The molecule has 2 aromatic carbocycles. The molecule has 1 unspecified atom stereocenters. The van der Waals surface area contributed by atoms with Crippen LogP contribution in [-0.4, -0.2) is 42.8 Å². The number of hydrogen-bond donors (Lipinski definition) is 2. The molecular formula is C25H31N5O3S2. The van der Waals surface area contributed by atoms with E-state index in [1.807, 2.05) is 31.2 Å². The average molecular weight is 514 g/mol. The van der Waals surface area contributed by atoms with Gasteiger partial charge in [-0.1, -0.05) is 43.3 Å². The Bertz CT molecular complexity index is 1330. The number of rotatable bonds is 7. The van der Waals surface area contributed by atoms with E-state index in [4.69, 9.17) is 0 Å². The second-order valence-electron chi connectivity index (χ2n) is 8.92. The molecule has 10 heteroatoms. The van der Waals surface area contributed by atoms with E-state index < -0.39 is 10.0 Å². The Morgan fingerprint density at radius 3 is 2.60 bits per heavy atom. The van der Waals surface area contributed by atoms with Crippen LogP contribution < -0.4 is 14.9 Å². The van der Waals surface area contributed by atoms with Crippen molar-refractivity contribution in [3.8, 4) is 0 Å². The average Bonchev–Trinajstić information content (AvgIpc) is 3.54. The van der Waals surface area contributed by atoms with Crippen LogP contribution in [0.5, 0.6) is 0 Å². The zero-order valence-electron chi connectivity index (χ0n) is 19.3. The van der Waals surface area contributed by atoms with Gasteiger partial charge in [0.2, 0.25) is 11.0 Å². The third-order valence-electron chi connectivity index (χ3n) is 6.73. The lowest BCUT2D eigenvalue weighted by molar-refractivity contribution is -0.125. The zero-order valence-corrected chi connectivity index (χ0v) is 20.9. The first-order chi connectivity index (χ1) is 16.9. The summed E-state index contributed by atoms with van der Waals surface area (Å²) in [6.45, 7) is 3.58. The highest BCUT2D eigenvalue weighted by Crippen LogP contribution is 2.35. The first kappa shape index (κ1) is 23.5. The summed E-state index contributed by atoms with van der Waals surface area (Å²) in [5.41, 5.74) is 3.37. The fraction of sp³-hybridized carbons (Fsp3) is 0.320. The molecule has 1 saturated heterocycles. The largest absolute Gasteiger partial charge is 0.371 e.